The molecular formula is C20H21N3O3S. The number of piperidine rings is 1. The Bertz CT molecular complexity index is 902. The van der Waals surface area contributed by atoms with Gasteiger partial charge < -0.3 is 4.74 Å². The molecule has 6 nitrogen and oxygen atoms in total. The maximum Gasteiger partial charge on any atom is 0.273 e. The summed E-state index contributed by atoms with van der Waals surface area (Å²) < 4.78 is 6.96. The van der Waals surface area contributed by atoms with Gasteiger partial charge in [0.05, 0.1) is 26.2 Å². The quantitative estimate of drug-likeness (QED) is 0.464. The molecule has 140 valence electrons. The summed E-state index contributed by atoms with van der Waals surface area (Å²) in [6, 6.07) is 14.7. The summed E-state index contributed by atoms with van der Waals surface area (Å²) in [6.07, 6.45) is 2.22. The van der Waals surface area contributed by atoms with Crippen LogP contribution in [0.5, 0.6) is 5.75 Å². The fourth-order valence-electron chi connectivity index (χ4n) is 3.45. The number of aromatic nitrogens is 1. The number of non-ortho nitro benzene ring substituents is 1. The zero-order valence-electron chi connectivity index (χ0n) is 14.9. The maximum absolute atomic E-state index is 10.8. The van der Waals surface area contributed by atoms with Crippen molar-refractivity contribution in [1.29, 1.82) is 0 Å². The van der Waals surface area contributed by atoms with Gasteiger partial charge in [-0.3, -0.25) is 15.0 Å². The molecule has 0 atom stereocenters. The summed E-state index contributed by atoms with van der Waals surface area (Å²) in [7, 11) is 0. The van der Waals surface area contributed by atoms with E-state index in [4.69, 9.17) is 9.72 Å². The molecule has 2 aromatic carbocycles. The minimum absolute atomic E-state index is 0.0594. The van der Waals surface area contributed by atoms with Crippen molar-refractivity contribution in [1.82, 2.24) is 9.88 Å². The highest BCUT2D eigenvalue weighted by atomic mass is 32.1. The van der Waals surface area contributed by atoms with Crippen molar-refractivity contribution in [2.75, 3.05) is 26.2 Å². The van der Waals surface area contributed by atoms with Crippen LogP contribution in [0.15, 0.2) is 48.5 Å². The average Bonchev–Trinajstić information content (AvgIpc) is 3.13. The number of ether oxygens (including phenoxy) is 1. The van der Waals surface area contributed by atoms with E-state index in [1.807, 2.05) is 17.4 Å². The molecule has 0 aliphatic carbocycles. The Morgan fingerprint density at radius 2 is 2.00 bits per heavy atom. The number of hydrogen-bond acceptors (Lipinski definition) is 6. The third kappa shape index (κ3) is 4.26. The van der Waals surface area contributed by atoms with Crippen molar-refractivity contribution in [3.63, 3.8) is 0 Å². The Hall–Kier alpha value is -2.51. The number of para-hydroxylation sites is 1. The molecule has 0 saturated carbocycles. The zero-order valence-corrected chi connectivity index (χ0v) is 15.7. The second-order valence-electron chi connectivity index (χ2n) is 6.74. The molecule has 0 spiro atoms. The van der Waals surface area contributed by atoms with Crippen molar-refractivity contribution in [3.8, 4) is 5.75 Å². The molecule has 0 bridgehead atoms. The average molecular weight is 383 g/mol. The van der Waals surface area contributed by atoms with Crippen molar-refractivity contribution >= 4 is 27.2 Å². The van der Waals surface area contributed by atoms with Crippen LogP contribution in [-0.2, 0) is 0 Å². The molecule has 1 saturated heterocycles. The highest BCUT2D eigenvalue weighted by molar-refractivity contribution is 7.18. The van der Waals surface area contributed by atoms with E-state index in [1.165, 1.54) is 21.8 Å². The molecule has 0 unspecified atom stereocenters. The lowest BCUT2D eigenvalue weighted by Gasteiger charge is -2.30. The minimum Gasteiger partial charge on any atom is -0.492 e. The molecule has 4 rings (SSSR count). The van der Waals surface area contributed by atoms with Crippen LogP contribution in [0.1, 0.15) is 23.8 Å². The van der Waals surface area contributed by atoms with Gasteiger partial charge in [-0.2, -0.15) is 0 Å². The molecule has 3 aromatic rings. The Balaban J connectivity index is 1.26. The number of likely N-dealkylation sites (tertiary alicyclic amines) is 1. The largest absolute Gasteiger partial charge is 0.492 e. The topological polar surface area (TPSA) is 68.5 Å². The van der Waals surface area contributed by atoms with Gasteiger partial charge in [0.15, 0.2) is 0 Å². The van der Waals surface area contributed by atoms with Crippen LogP contribution in [-0.4, -0.2) is 41.0 Å². The minimum atomic E-state index is -0.403. The van der Waals surface area contributed by atoms with Crippen LogP contribution >= 0.6 is 11.3 Å². The van der Waals surface area contributed by atoms with Crippen LogP contribution in [0.3, 0.4) is 0 Å². The Morgan fingerprint density at radius 1 is 1.19 bits per heavy atom. The van der Waals surface area contributed by atoms with Crippen molar-refractivity contribution in [2.24, 2.45) is 0 Å². The van der Waals surface area contributed by atoms with Crippen molar-refractivity contribution in [2.45, 2.75) is 18.8 Å². The molecule has 1 aliphatic heterocycles. The number of fused-ring (bicyclic) bond motifs is 1. The zero-order chi connectivity index (χ0) is 18.6. The maximum atomic E-state index is 10.8. The lowest BCUT2D eigenvalue weighted by Crippen LogP contribution is -2.35. The number of hydrogen-bond donors (Lipinski definition) is 0. The van der Waals surface area contributed by atoms with Gasteiger partial charge in [-0.1, -0.05) is 18.2 Å². The van der Waals surface area contributed by atoms with Crippen LogP contribution in [0, 0.1) is 10.1 Å². The number of nitro groups is 1. The molecule has 2 heterocycles. The van der Waals surface area contributed by atoms with Gasteiger partial charge >= 0.3 is 0 Å². The fourth-order valence-corrected chi connectivity index (χ4v) is 4.58. The Labute approximate surface area is 161 Å². The molecule has 0 N–H and O–H groups in total. The molecule has 7 heteroatoms. The fraction of sp³-hybridized carbons (Fsp3) is 0.350. The first kappa shape index (κ1) is 17.9. The first-order chi connectivity index (χ1) is 13.2. The summed E-state index contributed by atoms with van der Waals surface area (Å²) in [4.78, 5) is 17.6. The van der Waals surface area contributed by atoms with E-state index in [2.05, 4.69) is 23.1 Å². The number of nitro benzene ring substituents is 1. The van der Waals surface area contributed by atoms with E-state index >= 15 is 0 Å². The summed E-state index contributed by atoms with van der Waals surface area (Å²) in [5, 5.41) is 12.1. The van der Waals surface area contributed by atoms with Crippen LogP contribution < -0.4 is 4.74 Å². The third-order valence-electron chi connectivity index (χ3n) is 4.95. The molecule has 0 radical (unpaired) electrons. The van der Waals surface area contributed by atoms with E-state index in [1.54, 1.807) is 12.1 Å². The number of thiazole rings is 1. The highest BCUT2D eigenvalue weighted by Crippen LogP contribution is 2.33. The van der Waals surface area contributed by atoms with E-state index in [-0.39, 0.29) is 5.69 Å². The van der Waals surface area contributed by atoms with E-state index in [0.717, 1.165) is 38.0 Å². The second-order valence-corrected chi connectivity index (χ2v) is 7.80. The van der Waals surface area contributed by atoms with E-state index in [0.29, 0.717) is 18.3 Å². The smallest absolute Gasteiger partial charge is 0.273 e. The molecule has 27 heavy (non-hydrogen) atoms. The van der Waals surface area contributed by atoms with Gasteiger partial charge in [0, 0.05) is 18.5 Å². The van der Waals surface area contributed by atoms with E-state index < -0.39 is 4.92 Å². The van der Waals surface area contributed by atoms with Gasteiger partial charge in [0.1, 0.15) is 12.4 Å². The van der Waals surface area contributed by atoms with Gasteiger partial charge in [-0.05, 0) is 44.1 Å². The molecule has 0 amide bonds. The molecule has 1 aliphatic rings. The molecule has 1 fully saturated rings. The predicted octanol–water partition coefficient (Wildman–Crippen LogP) is 4.46. The van der Waals surface area contributed by atoms with Crippen LogP contribution in [0.25, 0.3) is 10.2 Å². The van der Waals surface area contributed by atoms with E-state index in [9.17, 15) is 10.1 Å². The summed E-state index contributed by atoms with van der Waals surface area (Å²) in [5.74, 6) is 1.09. The highest BCUT2D eigenvalue weighted by Gasteiger charge is 2.23. The first-order valence-electron chi connectivity index (χ1n) is 9.14. The third-order valence-corrected chi connectivity index (χ3v) is 6.15. The normalized spacial score (nSPS) is 15.9. The SMILES string of the molecule is O=[N+]([O-])c1cccc(OCCN2CCC(c3nc4ccccc4s3)CC2)c1. The summed E-state index contributed by atoms with van der Waals surface area (Å²) >= 11 is 1.81. The summed E-state index contributed by atoms with van der Waals surface area (Å²) in [6.45, 7) is 3.42. The molecular weight excluding hydrogens is 362 g/mol. The number of nitrogens with zero attached hydrogens (tertiary/aromatic N) is 3. The lowest BCUT2D eigenvalue weighted by atomic mass is 9.97. The Kier molecular flexibility index (Phi) is 5.31. The lowest BCUT2D eigenvalue weighted by molar-refractivity contribution is -0.384. The monoisotopic (exact) mass is 383 g/mol. The predicted molar refractivity (Wildman–Crippen MR) is 107 cm³/mol. The number of benzene rings is 2. The van der Waals surface area contributed by atoms with Crippen molar-refractivity contribution in [3.05, 3.63) is 63.7 Å². The summed E-state index contributed by atoms with van der Waals surface area (Å²) in [5.41, 5.74) is 1.16. The second kappa shape index (κ2) is 8.02. The van der Waals surface area contributed by atoms with Gasteiger partial charge in [-0.25, -0.2) is 4.98 Å². The molecule has 1 aromatic heterocycles. The Morgan fingerprint density at radius 3 is 2.78 bits per heavy atom. The van der Waals surface area contributed by atoms with Gasteiger partial charge in [0.25, 0.3) is 5.69 Å². The van der Waals surface area contributed by atoms with Crippen molar-refractivity contribution < 1.29 is 9.66 Å². The number of rotatable bonds is 6. The van der Waals surface area contributed by atoms with Crippen LogP contribution in [0.4, 0.5) is 5.69 Å². The standard InChI is InChI=1S/C20H21N3O3S/c24-23(25)16-4-3-5-17(14-16)26-13-12-22-10-8-15(9-11-22)20-21-18-6-1-2-7-19(18)27-20/h1-7,14-15H,8-13H2. The van der Waals surface area contributed by atoms with Crippen LogP contribution in [0.2, 0.25) is 0 Å². The van der Waals surface area contributed by atoms with Gasteiger partial charge in [-0.15, -0.1) is 11.3 Å². The first-order valence-corrected chi connectivity index (χ1v) is 9.96. The van der Waals surface area contributed by atoms with Gasteiger partial charge in [0.2, 0.25) is 0 Å².